The lowest BCUT2D eigenvalue weighted by atomic mass is 10.1. The predicted octanol–water partition coefficient (Wildman–Crippen LogP) is 2.04. The van der Waals surface area contributed by atoms with Gasteiger partial charge in [0.1, 0.15) is 5.75 Å². The van der Waals surface area contributed by atoms with E-state index < -0.39 is 10.0 Å². The lowest BCUT2D eigenvalue weighted by Gasteiger charge is -2.44. The molecule has 2 atom stereocenters. The van der Waals surface area contributed by atoms with Crippen LogP contribution in [0.25, 0.3) is 0 Å². The highest BCUT2D eigenvalue weighted by Gasteiger charge is 2.36. The number of aryl methyl sites for hydroxylation is 1. The van der Waals surface area contributed by atoms with E-state index in [1.165, 1.54) is 0 Å². The topological polar surface area (TPSA) is 53.1 Å². The molecule has 26 heavy (non-hydrogen) atoms. The number of rotatable bonds is 7. The van der Waals surface area contributed by atoms with Gasteiger partial charge in [-0.25, -0.2) is 8.42 Å². The fraction of sp³-hybridized carbons (Fsp3) is 0.684. The van der Waals surface area contributed by atoms with E-state index in [2.05, 4.69) is 37.7 Å². The Morgan fingerprint density at radius 2 is 1.81 bits per heavy atom. The minimum Gasteiger partial charge on any atom is -0.497 e. The molecule has 1 aromatic rings. The van der Waals surface area contributed by atoms with Crippen molar-refractivity contribution in [2.24, 2.45) is 0 Å². The smallest absolute Gasteiger partial charge is 0.243 e. The normalized spacial score (nSPS) is 22.7. The van der Waals surface area contributed by atoms with Crippen LogP contribution in [0.5, 0.6) is 5.75 Å². The van der Waals surface area contributed by atoms with E-state index in [4.69, 9.17) is 4.74 Å². The van der Waals surface area contributed by atoms with E-state index in [1.54, 1.807) is 29.6 Å². The molecule has 0 radical (unpaired) electrons. The van der Waals surface area contributed by atoms with Crippen molar-refractivity contribution in [1.82, 2.24) is 14.1 Å². The highest BCUT2D eigenvalue weighted by molar-refractivity contribution is 7.89. The van der Waals surface area contributed by atoms with Gasteiger partial charge in [0.05, 0.1) is 12.0 Å². The van der Waals surface area contributed by atoms with Crippen molar-refractivity contribution < 1.29 is 13.2 Å². The van der Waals surface area contributed by atoms with Gasteiger partial charge in [-0.1, -0.05) is 0 Å². The molecule has 1 aliphatic rings. The zero-order valence-corrected chi connectivity index (χ0v) is 17.7. The van der Waals surface area contributed by atoms with Gasteiger partial charge in [0.25, 0.3) is 0 Å². The van der Waals surface area contributed by atoms with Gasteiger partial charge in [-0.15, -0.1) is 0 Å². The first-order valence-electron chi connectivity index (χ1n) is 9.22. The van der Waals surface area contributed by atoms with Crippen molar-refractivity contribution in [3.63, 3.8) is 0 Å². The number of sulfonamides is 1. The maximum absolute atomic E-state index is 13.2. The average molecular weight is 384 g/mol. The van der Waals surface area contributed by atoms with Gasteiger partial charge in [0.2, 0.25) is 10.0 Å². The van der Waals surface area contributed by atoms with Gasteiger partial charge in [-0.2, -0.15) is 4.31 Å². The highest BCUT2D eigenvalue weighted by Crippen LogP contribution is 2.27. The molecule has 0 amide bonds. The maximum atomic E-state index is 13.2. The van der Waals surface area contributed by atoms with Crippen LogP contribution in [0, 0.1) is 6.92 Å². The van der Waals surface area contributed by atoms with Crippen LogP contribution in [0.2, 0.25) is 0 Å². The monoisotopic (exact) mass is 383 g/mol. The van der Waals surface area contributed by atoms with E-state index in [0.29, 0.717) is 23.7 Å². The second-order valence-corrected chi connectivity index (χ2v) is 9.45. The molecule has 7 heteroatoms. The van der Waals surface area contributed by atoms with Gasteiger partial charge in [0.15, 0.2) is 0 Å². The quantitative estimate of drug-likeness (QED) is 0.721. The molecule has 1 fully saturated rings. The van der Waals surface area contributed by atoms with Crippen LogP contribution < -0.4 is 4.74 Å². The van der Waals surface area contributed by atoms with Crippen LogP contribution in [0.4, 0.5) is 0 Å². The first-order chi connectivity index (χ1) is 12.2. The fourth-order valence-corrected chi connectivity index (χ4v) is 5.50. The fourth-order valence-electron chi connectivity index (χ4n) is 3.69. The van der Waals surface area contributed by atoms with E-state index in [-0.39, 0.29) is 12.1 Å². The lowest BCUT2D eigenvalue weighted by molar-refractivity contribution is 0.0740. The molecule has 1 saturated heterocycles. The molecule has 0 saturated carbocycles. The molecular formula is C19H33N3O3S. The van der Waals surface area contributed by atoms with Crippen LogP contribution in [-0.2, 0) is 10.0 Å². The van der Waals surface area contributed by atoms with Gasteiger partial charge in [-0.05, 0) is 71.6 Å². The summed E-state index contributed by atoms with van der Waals surface area (Å²) in [7, 11) is 2.24. The average Bonchev–Trinajstić information content (AvgIpc) is 2.56. The molecule has 2 rings (SSSR count). The van der Waals surface area contributed by atoms with Crippen molar-refractivity contribution in [2.45, 2.75) is 44.2 Å². The molecule has 2 unspecified atom stereocenters. The van der Waals surface area contributed by atoms with Crippen molar-refractivity contribution >= 4 is 10.0 Å². The molecular weight excluding hydrogens is 350 g/mol. The summed E-state index contributed by atoms with van der Waals surface area (Å²) in [5.74, 6) is 0.675. The Morgan fingerprint density at radius 1 is 1.19 bits per heavy atom. The molecule has 0 N–H and O–H groups in total. The third kappa shape index (κ3) is 4.76. The van der Waals surface area contributed by atoms with Crippen molar-refractivity contribution in [3.05, 3.63) is 23.8 Å². The Labute approximate surface area is 158 Å². The van der Waals surface area contributed by atoms with E-state index in [1.807, 2.05) is 6.92 Å². The molecule has 1 aromatic carbocycles. The first-order valence-corrected chi connectivity index (χ1v) is 10.7. The molecule has 0 aromatic heterocycles. The number of hydrogen-bond donors (Lipinski definition) is 0. The number of hydrogen-bond acceptors (Lipinski definition) is 5. The molecule has 0 bridgehead atoms. The van der Waals surface area contributed by atoms with Crippen LogP contribution >= 0.6 is 0 Å². The van der Waals surface area contributed by atoms with Gasteiger partial charge >= 0.3 is 0 Å². The Kier molecular flexibility index (Phi) is 7.07. The minimum absolute atomic E-state index is 0.203. The van der Waals surface area contributed by atoms with Crippen LogP contribution in [-0.4, -0.2) is 82.0 Å². The summed E-state index contributed by atoms with van der Waals surface area (Å²) in [5, 5.41) is 0. The van der Waals surface area contributed by atoms with Crippen molar-refractivity contribution in [2.75, 3.05) is 47.4 Å². The molecule has 0 aliphatic carbocycles. The molecule has 6 nitrogen and oxygen atoms in total. The maximum Gasteiger partial charge on any atom is 0.243 e. The second kappa shape index (κ2) is 8.69. The Hall–Kier alpha value is -1.15. The number of methoxy groups -OCH3 is 1. The zero-order valence-electron chi connectivity index (χ0n) is 16.9. The van der Waals surface area contributed by atoms with Crippen molar-refractivity contribution in [3.8, 4) is 5.75 Å². The SMILES string of the molecule is COc1ccc(S(=O)(=O)N2CC(C)N(CCCN(C)C)C(C)C2)c(C)c1. The summed E-state index contributed by atoms with van der Waals surface area (Å²) in [4.78, 5) is 4.98. The van der Waals surface area contributed by atoms with E-state index in [0.717, 1.165) is 25.1 Å². The minimum atomic E-state index is -3.50. The largest absolute Gasteiger partial charge is 0.497 e. The number of benzene rings is 1. The third-order valence-electron chi connectivity index (χ3n) is 5.09. The number of piperazine rings is 1. The summed E-state index contributed by atoms with van der Waals surface area (Å²) in [6.07, 6.45) is 1.09. The highest BCUT2D eigenvalue weighted by atomic mass is 32.2. The predicted molar refractivity (Wildman–Crippen MR) is 105 cm³/mol. The van der Waals surface area contributed by atoms with Crippen LogP contribution in [0.1, 0.15) is 25.8 Å². The van der Waals surface area contributed by atoms with Crippen molar-refractivity contribution in [1.29, 1.82) is 0 Å². The summed E-state index contributed by atoms with van der Waals surface area (Å²) in [6.45, 7) is 9.16. The van der Waals surface area contributed by atoms with Crippen LogP contribution in [0.3, 0.4) is 0 Å². The van der Waals surface area contributed by atoms with Gasteiger partial charge in [0, 0.05) is 31.7 Å². The molecule has 1 heterocycles. The second-order valence-electron chi connectivity index (χ2n) is 7.55. The summed E-state index contributed by atoms with van der Waals surface area (Å²) >= 11 is 0. The summed E-state index contributed by atoms with van der Waals surface area (Å²) < 4.78 is 33.2. The summed E-state index contributed by atoms with van der Waals surface area (Å²) in [5.41, 5.74) is 0.720. The lowest BCUT2D eigenvalue weighted by Crippen LogP contribution is -2.58. The van der Waals surface area contributed by atoms with Gasteiger partial charge < -0.3 is 9.64 Å². The summed E-state index contributed by atoms with van der Waals surface area (Å²) in [6, 6.07) is 5.55. The van der Waals surface area contributed by atoms with Gasteiger partial charge in [-0.3, -0.25) is 4.90 Å². The standard InChI is InChI=1S/C19H33N3O3S/c1-15-12-18(25-6)8-9-19(15)26(23,24)21-13-16(2)22(17(3)14-21)11-7-10-20(4)5/h8-9,12,16-17H,7,10-11,13-14H2,1-6H3. The first kappa shape index (κ1) is 21.2. The van der Waals surface area contributed by atoms with E-state index in [9.17, 15) is 8.42 Å². The molecule has 1 aliphatic heterocycles. The van der Waals surface area contributed by atoms with Crippen LogP contribution in [0.15, 0.2) is 23.1 Å². The number of ether oxygens (including phenoxy) is 1. The van der Waals surface area contributed by atoms with E-state index >= 15 is 0 Å². The third-order valence-corrected chi connectivity index (χ3v) is 7.08. The number of nitrogens with zero attached hydrogens (tertiary/aromatic N) is 3. The zero-order chi connectivity index (χ0) is 19.5. The Bertz CT molecular complexity index is 694. The molecule has 148 valence electrons. The Morgan fingerprint density at radius 3 is 2.31 bits per heavy atom. The Balaban J connectivity index is 2.13. The molecule has 0 spiro atoms.